The number of carbonyl (C=O) groups excluding carboxylic acids is 1. The van der Waals surface area contributed by atoms with Crippen LogP contribution in [-0.4, -0.2) is 35.4 Å². The van der Waals surface area contributed by atoms with Gasteiger partial charge in [-0.1, -0.05) is 30.3 Å². The molecule has 0 radical (unpaired) electrons. The van der Waals surface area contributed by atoms with E-state index in [2.05, 4.69) is 20.5 Å². The number of nitrogens with zero attached hydrogens (tertiary/aromatic N) is 3. The molecule has 2 aromatic carbocycles. The van der Waals surface area contributed by atoms with E-state index >= 15 is 0 Å². The molecule has 2 N–H and O–H groups in total. The first-order valence-corrected chi connectivity index (χ1v) is 10.9. The van der Waals surface area contributed by atoms with Crippen LogP contribution in [0.5, 0.6) is 5.75 Å². The van der Waals surface area contributed by atoms with Gasteiger partial charge in [0.05, 0.1) is 25.1 Å². The fraction of sp³-hybridized carbons (Fsp3) is 0.240. The van der Waals surface area contributed by atoms with Crippen LogP contribution in [-0.2, 0) is 9.53 Å². The van der Waals surface area contributed by atoms with E-state index < -0.39 is 5.56 Å². The number of rotatable bonds is 11. The van der Waals surface area contributed by atoms with Crippen LogP contribution in [0.1, 0.15) is 37.3 Å². The molecule has 0 spiro atoms. The average Bonchev–Trinajstić information content (AvgIpc) is 2.85. The first kappa shape index (κ1) is 24.2. The summed E-state index contributed by atoms with van der Waals surface area (Å²) >= 11 is 0. The van der Waals surface area contributed by atoms with Crippen LogP contribution in [0.4, 0.5) is 5.95 Å². The predicted octanol–water partition coefficient (Wildman–Crippen LogP) is 3.87. The van der Waals surface area contributed by atoms with Crippen molar-refractivity contribution in [3.63, 3.8) is 0 Å². The van der Waals surface area contributed by atoms with E-state index in [9.17, 15) is 14.9 Å². The molecule has 3 rings (SSSR count). The number of benzene rings is 2. The molecule has 0 amide bonds. The van der Waals surface area contributed by atoms with Crippen molar-refractivity contribution in [2.75, 3.05) is 18.6 Å². The van der Waals surface area contributed by atoms with Crippen molar-refractivity contribution in [1.82, 2.24) is 9.97 Å². The molecule has 0 aliphatic carbocycles. The molecule has 0 saturated carbocycles. The minimum Gasteiger partial charge on any atom is -0.494 e. The van der Waals surface area contributed by atoms with E-state index in [1.165, 1.54) is 0 Å². The lowest BCUT2D eigenvalue weighted by Crippen LogP contribution is -2.16. The third-order valence-corrected chi connectivity index (χ3v) is 4.69. The maximum absolute atomic E-state index is 12.3. The maximum atomic E-state index is 12.3. The zero-order valence-electron chi connectivity index (χ0n) is 18.8. The fourth-order valence-electron chi connectivity index (χ4n) is 3.05. The van der Waals surface area contributed by atoms with Crippen LogP contribution in [0.15, 0.2) is 64.5 Å². The second kappa shape index (κ2) is 12.6. The van der Waals surface area contributed by atoms with E-state index in [1.54, 1.807) is 25.3 Å². The van der Waals surface area contributed by atoms with Gasteiger partial charge in [-0.3, -0.25) is 14.6 Å². The third kappa shape index (κ3) is 7.03. The smallest absolute Gasteiger partial charge is 0.305 e. The van der Waals surface area contributed by atoms with Gasteiger partial charge in [-0.25, -0.2) is 10.4 Å². The Kier molecular flexibility index (Phi) is 8.93. The van der Waals surface area contributed by atoms with Gasteiger partial charge in [0.2, 0.25) is 5.95 Å². The maximum Gasteiger partial charge on any atom is 0.305 e. The van der Waals surface area contributed by atoms with Crippen molar-refractivity contribution < 1.29 is 14.3 Å². The van der Waals surface area contributed by atoms with Gasteiger partial charge in [0, 0.05) is 12.0 Å². The Balaban J connectivity index is 1.55. The van der Waals surface area contributed by atoms with Crippen LogP contribution in [0.3, 0.4) is 0 Å². The van der Waals surface area contributed by atoms with Crippen molar-refractivity contribution in [3.8, 4) is 23.1 Å². The summed E-state index contributed by atoms with van der Waals surface area (Å²) in [6.07, 6.45) is 3.44. The Labute approximate surface area is 197 Å². The molecule has 0 aliphatic heterocycles. The SMILES string of the molecule is CCOC(=O)CCCCOc1ccc(C=NNc2nc(-c3ccccc3)c(C#N)c(=O)[nH]2)cc1. The monoisotopic (exact) mass is 459 g/mol. The van der Waals surface area contributed by atoms with E-state index in [4.69, 9.17) is 9.47 Å². The molecule has 0 fully saturated rings. The summed E-state index contributed by atoms with van der Waals surface area (Å²) in [5.41, 5.74) is 3.85. The summed E-state index contributed by atoms with van der Waals surface area (Å²) in [4.78, 5) is 30.4. The number of hydrogen-bond acceptors (Lipinski definition) is 8. The van der Waals surface area contributed by atoms with Gasteiger partial charge in [0.25, 0.3) is 5.56 Å². The number of carbonyl (C=O) groups is 1. The van der Waals surface area contributed by atoms with E-state index in [-0.39, 0.29) is 23.2 Å². The summed E-state index contributed by atoms with van der Waals surface area (Å²) in [5.74, 6) is 0.657. The number of nitrogens with one attached hydrogen (secondary N) is 2. The number of aromatic nitrogens is 2. The Morgan fingerprint density at radius 1 is 1.18 bits per heavy atom. The van der Waals surface area contributed by atoms with Crippen LogP contribution < -0.4 is 15.7 Å². The topological polar surface area (TPSA) is 129 Å². The van der Waals surface area contributed by atoms with Gasteiger partial charge in [0.1, 0.15) is 17.4 Å². The first-order valence-electron chi connectivity index (χ1n) is 10.9. The van der Waals surface area contributed by atoms with Crippen molar-refractivity contribution in [2.45, 2.75) is 26.2 Å². The first-order chi connectivity index (χ1) is 16.6. The summed E-state index contributed by atoms with van der Waals surface area (Å²) in [5, 5.41) is 13.4. The molecule has 0 saturated heterocycles. The van der Waals surface area contributed by atoms with Crippen molar-refractivity contribution in [2.24, 2.45) is 5.10 Å². The van der Waals surface area contributed by atoms with Gasteiger partial charge < -0.3 is 9.47 Å². The molecule has 1 heterocycles. The minimum atomic E-state index is -0.544. The normalized spacial score (nSPS) is 10.6. The second-order valence-electron chi connectivity index (χ2n) is 7.17. The number of aromatic amines is 1. The van der Waals surface area contributed by atoms with E-state index in [0.717, 1.165) is 12.0 Å². The van der Waals surface area contributed by atoms with Crippen molar-refractivity contribution in [3.05, 3.63) is 76.1 Å². The Hall–Kier alpha value is -4.45. The number of anilines is 1. The number of unbranched alkanes of at least 4 members (excludes halogenated alkanes) is 1. The highest BCUT2D eigenvalue weighted by Crippen LogP contribution is 2.19. The Bertz CT molecular complexity index is 1210. The lowest BCUT2D eigenvalue weighted by Gasteiger charge is -2.07. The number of ether oxygens (including phenoxy) is 2. The van der Waals surface area contributed by atoms with Gasteiger partial charge >= 0.3 is 5.97 Å². The van der Waals surface area contributed by atoms with Gasteiger partial charge in [-0.05, 0) is 49.6 Å². The highest BCUT2D eigenvalue weighted by atomic mass is 16.5. The molecule has 9 heteroatoms. The molecule has 0 atom stereocenters. The predicted molar refractivity (Wildman–Crippen MR) is 129 cm³/mol. The zero-order chi connectivity index (χ0) is 24.2. The largest absolute Gasteiger partial charge is 0.494 e. The molecule has 3 aromatic rings. The standard InChI is InChI=1S/C25H25N5O4/c1-2-33-22(31)10-6-7-15-34-20-13-11-18(12-14-20)17-27-30-25-28-23(19-8-4-3-5-9-19)21(16-26)24(32)29-25/h3-5,8-9,11-14,17H,2,6-7,10,15H2,1H3,(H2,28,29,30,32). The van der Waals surface area contributed by atoms with Crippen LogP contribution >= 0.6 is 0 Å². The number of hydrogen-bond donors (Lipinski definition) is 2. The lowest BCUT2D eigenvalue weighted by atomic mass is 10.1. The minimum absolute atomic E-state index is 0.0581. The van der Waals surface area contributed by atoms with Gasteiger partial charge in [-0.2, -0.15) is 10.4 Å². The number of esters is 1. The number of H-pyrrole nitrogens is 1. The molecule has 9 nitrogen and oxygen atoms in total. The van der Waals surface area contributed by atoms with Crippen LogP contribution in [0.2, 0.25) is 0 Å². The fourth-order valence-corrected chi connectivity index (χ4v) is 3.05. The molecule has 174 valence electrons. The molecule has 0 unspecified atom stereocenters. The van der Waals surface area contributed by atoms with Crippen LogP contribution in [0.25, 0.3) is 11.3 Å². The Morgan fingerprint density at radius 2 is 1.94 bits per heavy atom. The zero-order valence-corrected chi connectivity index (χ0v) is 18.8. The molecule has 0 aliphatic rings. The summed E-state index contributed by atoms with van der Waals surface area (Å²) in [6, 6.07) is 18.2. The second-order valence-corrected chi connectivity index (χ2v) is 7.17. The molecule has 1 aromatic heterocycles. The third-order valence-electron chi connectivity index (χ3n) is 4.69. The summed E-state index contributed by atoms with van der Waals surface area (Å²) in [6.45, 7) is 2.70. The average molecular weight is 460 g/mol. The molecule has 0 bridgehead atoms. The van der Waals surface area contributed by atoms with Gasteiger partial charge in [-0.15, -0.1) is 0 Å². The van der Waals surface area contributed by atoms with Gasteiger partial charge in [0.15, 0.2) is 0 Å². The summed E-state index contributed by atoms with van der Waals surface area (Å²) in [7, 11) is 0. The summed E-state index contributed by atoms with van der Waals surface area (Å²) < 4.78 is 10.6. The molecular weight excluding hydrogens is 434 g/mol. The molecule has 34 heavy (non-hydrogen) atoms. The highest BCUT2D eigenvalue weighted by molar-refractivity contribution is 5.80. The quantitative estimate of drug-likeness (QED) is 0.193. The van der Waals surface area contributed by atoms with Crippen LogP contribution in [0, 0.1) is 11.3 Å². The van der Waals surface area contributed by atoms with Crippen molar-refractivity contribution >= 4 is 18.1 Å². The number of nitriles is 1. The van der Waals surface area contributed by atoms with Crippen molar-refractivity contribution in [1.29, 1.82) is 5.26 Å². The molecular formula is C25H25N5O4. The Morgan fingerprint density at radius 3 is 2.65 bits per heavy atom. The number of hydrazone groups is 1. The lowest BCUT2D eigenvalue weighted by molar-refractivity contribution is -0.143. The van der Waals surface area contributed by atoms with E-state index in [1.807, 2.05) is 48.5 Å². The highest BCUT2D eigenvalue weighted by Gasteiger charge is 2.12. The van der Waals surface area contributed by atoms with E-state index in [0.29, 0.717) is 37.4 Å².